The van der Waals surface area contributed by atoms with E-state index in [1.165, 1.54) is 35.8 Å². The van der Waals surface area contributed by atoms with Crippen molar-refractivity contribution in [2.75, 3.05) is 12.0 Å². The fraction of sp³-hybridized carbons (Fsp3) is 0.120. The van der Waals surface area contributed by atoms with Crippen molar-refractivity contribution < 1.29 is 28.6 Å². The van der Waals surface area contributed by atoms with E-state index in [2.05, 4.69) is 15.5 Å². The van der Waals surface area contributed by atoms with E-state index in [4.69, 9.17) is 26.7 Å². The number of nitrogens with one attached hydrogen (secondary N) is 2. The minimum Gasteiger partial charge on any atom is -0.465 e. The Balaban J connectivity index is 1.42. The predicted molar refractivity (Wildman–Crippen MR) is 133 cm³/mol. The Labute approximate surface area is 220 Å². The molecular formula is C25H18ClFN6O5. The molecular weight excluding hydrogens is 519 g/mol. The first-order valence-electron chi connectivity index (χ1n) is 11.0. The highest BCUT2D eigenvalue weighted by Gasteiger charge is 2.25. The number of ether oxygens (including phenoxy) is 1. The molecule has 4 rings (SSSR count). The summed E-state index contributed by atoms with van der Waals surface area (Å²) < 4.78 is 18.9. The number of carboxylic acid groups (broad SMARTS) is 1. The summed E-state index contributed by atoms with van der Waals surface area (Å²) in [7, 11) is 0. The van der Waals surface area contributed by atoms with Gasteiger partial charge in [0.25, 0.3) is 11.8 Å². The van der Waals surface area contributed by atoms with Crippen LogP contribution < -0.4 is 15.5 Å². The van der Waals surface area contributed by atoms with Gasteiger partial charge >= 0.3 is 6.09 Å². The minimum absolute atomic E-state index is 0.0605. The van der Waals surface area contributed by atoms with Gasteiger partial charge in [-0.25, -0.2) is 14.2 Å². The Morgan fingerprint density at radius 1 is 1.24 bits per heavy atom. The van der Waals surface area contributed by atoms with Crippen molar-refractivity contribution in [2.45, 2.75) is 13.0 Å². The van der Waals surface area contributed by atoms with Gasteiger partial charge in [0.15, 0.2) is 0 Å². The molecule has 0 unspecified atom stereocenters. The van der Waals surface area contributed by atoms with Crippen molar-refractivity contribution in [3.63, 3.8) is 0 Å². The first kappa shape index (κ1) is 26.1. The second kappa shape index (κ2) is 11.4. The summed E-state index contributed by atoms with van der Waals surface area (Å²) >= 11 is 6.25. The number of hydrogen-bond acceptors (Lipinski definition) is 8. The number of nitriles is 1. The van der Waals surface area contributed by atoms with E-state index in [1.54, 1.807) is 35.2 Å². The third kappa shape index (κ3) is 6.21. The lowest BCUT2D eigenvalue weighted by atomic mass is 9.98. The Morgan fingerprint density at radius 2 is 2.00 bits per heavy atom. The predicted octanol–water partition coefficient (Wildman–Crippen LogP) is 3.95. The molecule has 0 saturated heterocycles. The molecule has 2 heterocycles. The van der Waals surface area contributed by atoms with Gasteiger partial charge in [-0.15, -0.1) is 0 Å². The maximum Gasteiger partial charge on any atom is 0.411 e. The molecule has 3 amide bonds. The standard InChI is InChI=1S/C25H18ClFN6O5/c26-20-10-17(31-32-21(11-28)22(34)30-25(36)37)12-29-23(20)38-18-5-6-19-15(9-18)7-8-33(24(19)35)13-14-1-3-16(27)4-2-14/h1-6,9-10,12,31H,7-8,13H2,(H,30,34)(H,36,37). The third-order valence-corrected chi connectivity index (χ3v) is 5.66. The quantitative estimate of drug-likeness (QED) is 0.302. The Morgan fingerprint density at radius 3 is 2.68 bits per heavy atom. The van der Waals surface area contributed by atoms with E-state index in [0.29, 0.717) is 30.8 Å². The number of carbonyl (C=O) groups is 3. The van der Waals surface area contributed by atoms with E-state index in [9.17, 15) is 18.8 Å². The lowest BCUT2D eigenvalue weighted by Gasteiger charge is -2.29. The fourth-order valence-corrected chi connectivity index (χ4v) is 3.82. The highest BCUT2D eigenvalue weighted by Crippen LogP contribution is 2.31. The van der Waals surface area contributed by atoms with Gasteiger partial charge in [-0.3, -0.25) is 20.3 Å². The number of hydrazone groups is 1. The van der Waals surface area contributed by atoms with Crippen molar-refractivity contribution in [1.82, 2.24) is 15.2 Å². The third-order valence-electron chi connectivity index (χ3n) is 5.39. The number of halogens is 2. The first-order valence-corrected chi connectivity index (χ1v) is 11.4. The lowest BCUT2D eigenvalue weighted by Crippen LogP contribution is -2.37. The van der Waals surface area contributed by atoms with Crippen LogP contribution in [0.15, 0.2) is 59.8 Å². The molecule has 1 aliphatic heterocycles. The number of imide groups is 1. The highest BCUT2D eigenvalue weighted by molar-refractivity contribution is 6.46. The van der Waals surface area contributed by atoms with E-state index in [1.807, 2.05) is 0 Å². The van der Waals surface area contributed by atoms with Crippen LogP contribution in [-0.2, 0) is 17.8 Å². The number of fused-ring (bicyclic) bond motifs is 1. The van der Waals surface area contributed by atoms with Gasteiger partial charge in [-0.2, -0.15) is 10.4 Å². The second-order valence-electron chi connectivity index (χ2n) is 7.98. The smallest absolute Gasteiger partial charge is 0.411 e. The van der Waals surface area contributed by atoms with Crippen molar-refractivity contribution in [3.8, 4) is 17.7 Å². The average Bonchev–Trinajstić information content (AvgIpc) is 2.88. The summed E-state index contributed by atoms with van der Waals surface area (Å²) in [5.74, 6) is -1.20. The SMILES string of the molecule is N#CC(=NNc1cnc(Oc2ccc3c(c2)CCN(Cc2ccc(F)cc2)C3=O)c(Cl)c1)C(=O)NC(=O)O. The van der Waals surface area contributed by atoms with Gasteiger partial charge in [-0.05, 0) is 53.9 Å². The van der Waals surface area contributed by atoms with Crippen molar-refractivity contribution in [3.05, 3.63) is 82.3 Å². The van der Waals surface area contributed by atoms with Gasteiger partial charge in [0.1, 0.15) is 22.7 Å². The fourth-order valence-electron chi connectivity index (χ4n) is 3.61. The molecule has 0 saturated carbocycles. The molecule has 38 heavy (non-hydrogen) atoms. The van der Waals surface area contributed by atoms with Crippen LogP contribution in [0.3, 0.4) is 0 Å². The summed E-state index contributed by atoms with van der Waals surface area (Å²) in [4.78, 5) is 40.9. The molecule has 0 aliphatic carbocycles. The van der Waals surface area contributed by atoms with Crippen LogP contribution in [0.4, 0.5) is 14.9 Å². The van der Waals surface area contributed by atoms with Crippen molar-refractivity contribution in [2.24, 2.45) is 5.10 Å². The number of carbonyl (C=O) groups excluding carboxylic acids is 2. The van der Waals surface area contributed by atoms with Gasteiger partial charge in [-0.1, -0.05) is 23.7 Å². The zero-order valence-corrected chi connectivity index (χ0v) is 20.2. The zero-order chi connectivity index (χ0) is 27.2. The van der Waals surface area contributed by atoms with Crippen molar-refractivity contribution >= 4 is 40.9 Å². The maximum absolute atomic E-state index is 13.2. The molecule has 0 radical (unpaired) electrons. The van der Waals surface area contributed by atoms with Crippen LogP contribution in [0.1, 0.15) is 21.5 Å². The molecule has 13 heteroatoms. The van der Waals surface area contributed by atoms with Crippen LogP contribution in [0, 0.1) is 17.1 Å². The maximum atomic E-state index is 13.2. The van der Waals surface area contributed by atoms with Gasteiger partial charge in [0.05, 0.1) is 11.9 Å². The summed E-state index contributed by atoms with van der Waals surface area (Å²) in [6, 6.07) is 13.9. The largest absolute Gasteiger partial charge is 0.465 e. The Hall–Kier alpha value is -5.02. The number of aromatic nitrogens is 1. The number of pyridine rings is 1. The zero-order valence-electron chi connectivity index (χ0n) is 19.4. The first-order chi connectivity index (χ1) is 18.2. The van der Waals surface area contributed by atoms with Crippen LogP contribution >= 0.6 is 11.6 Å². The molecule has 0 fully saturated rings. The van der Waals surface area contributed by atoms with Crippen LogP contribution in [-0.4, -0.2) is 45.2 Å². The molecule has 0 spiro atoms. The molecule has 0 bridgehead atoms. The van der Waals surface area contributed by atoms with Crippen molar-refractivity contribution in [1.29, 1.82) is 5.26 Å². The molecule has 2 aromatic carbocycles. The summed E-state index contributed by atoms with van der Waals surface area (Å²) in [6.45, 7) is 0.864. The van der Waals surface area contributed by atoms with E-state index >= 15 is 0 Å². The number of nitrogens with zero attached hydrogens (tertiary/aromatic N) is 4. The second-order valence-corrected chi connectivity index (χ2v) is 8.39. The van der Waals surface area contributed by atoms with Gasteiger partial charge < -0.3 is 14.7 Å². The molecule has 3 aromatic rings. The highest BCUT2D eigenvalue weighted by atomic mass is 35.5. The minimum atomic E-state index is -1.63. The molecule has 192 valence electrons. The topological polar surface area (TPSA) is 157 Å². The van der Waals surface area contributed by atoms with E-state index in [0.717, 1.165) is 11.1 Å². The molecule has 11 nitrogen and oxygen atoms in total. The van der Waals surface area contributed by atoms with E-state index < -0.39 is 17.7 Å². The molecule has 1 aliphatic rings. The molecule has 3 N–H and O–H groups in total. The Kier molecular flexibility index (Phi) is 7.79. The number of benzene rings is 2. The van der Waals surface area contributed by atoms with E-state index in [-0.39, 0.29) is 28.3 Å². The molecule has 1 aromatic heterocycles. The summed E-state index contributed by atoms with van der Waals surface area (Å²) in [5.41, 5.74) is 4.06. The number of rotatable bonds is 7. The monoisotopic (exact) mass is 536 g/mol. The van der Waals surface area contributed by atoms with Crippen LogP contribution in [0.5, 0.6) is 11.6 Å². The van der Waals surface area contributed by atoms with Crippen LogP contribution in [0.25, 0.3) is 0 Å². The van der Waals surface area contributed by atoms with Gasteiger partial charge in [0.2, 0.25) is 11.6 Å². The number of hydrogen-bond donors (Lipinski definition) is 3. The summed E-state index contributed by atoms with van der Waals surface area (Å²) in [6.07, 6.45) is 0.250. The lowest BCUT2D eigenvalue weighted by molar-refractivity contribution is -0.114. The number of amides is 3. The van der Waals surface area contributed by atoms with Gasteiger partial charge in [0, 0.05) is 18.7 Å². The summed E-state index contributed by atoms with van der Waals surface area (Å²) in [5, 5.41) is 22.7. The molecule has 0 atom stereocenters. The van der Waals surface area contributed by atoms with Crippen LogP contribution in [0.2, 0.25) is 5.02 Å². The average molecular weight is 537 g/mol. The number of anilines is 1. The Bertz CT molecular complexity index is 1490. The normalized spacial score (nSPS) is 12.8.